The van der Waals surface area contributed by atoms with Gasteiger partial charge in [-0.3, -0.25) is 4.79 Å². The molecule has 1 heterocycles. The van der Waals surface area contributed by atoms with Crippen molar-refractivity contribution in [1.82, 2.24) is 9.88 Å². The van der Waals surface area contributed by atoms with Crippen molar-refractivity contribution in [2.24, 2.45) is 0 Å². The summed E-state index contributed by atoms with van der Waals surface area (Å²) in [6.45, 7) is 5.61. The highest BCUT2D eigenvalue weighted by Gasteiger charge is 2.31. The summed E-state index contributed by atoms with van der Waals surface area (Å²) in [5, 5.41) is 0. The maximum Gasteiger partial charge on any atom is 0.247 e. The summed E-state index contributed by atoms with van der Waals surface area (Å²) in [7, 11) is 0. The Morgan fingerprint density at radius 2 is 1.64 bits per heavy atom. The molecule has 0 aliphatic heterocycles. The van der Waals surface area contributed by atoms with Gasteiger partial charge < -0.3 is 9.32 Å². The lowest BCUT2D eigenvalue weighted by molar-refractivity contribution is -0.130. The van der Waals surface area contributed by atoms with Crippen LogP contribution in [0.3, 0.4) is 0 Å². The van der Waals surface area contributed by atoms with Gasteiger partial charge in [-0.15, -0.1) is 0 Å². The first-order valence-electron chi connectivity index (χ1n) is 8.15. The third-order valence-electron chi connectivity index (χ3n) is 4.22. The minimum atomic E-state index is -0.293. The van der Waals surface area contributed by atoms with Crippen LogP contribution in [-0.2, 0) is 4.79 Å². The normalized spacial score (nSPS) is 11.9. The molecule has 0 aliphatic carbocycles. The average Bonchev–Trinajstić information content (AvgIpc) is 3.21. The lowest BCUT2D eigenvalue weighted by Crippen LogP contribution is -2.36. The molecule has 3 aromatic rings. The van der Waals surface area contributed by atoms with E-state index in [-0.39, 0.29) is 18.0 Å². The lowest BCUT2D eigenvalue weighted by Gasteiger charge is -2.35. The van der Waals surface area contributed by atoms with Crippen LogP contribution in [0, 0.1) is 0 Å². The SMILES string of the molecule is C=CC(=O)N(C(c1ccccc1)c1ccccc1)[C@@H](C)c1cnco1. The highest BCUT2D eigenvalue weighted by Crippen LogP contribution is 2.35. The maximum absolute atomic E-state index is 12.8. The second-order valence-corrected chi connectivity index (χ2v) is 5.75. The number of hydrogen-bond donors (Lipinski definition) is 0. The fraction of sp³-hybridized carbons (Fsp3) is 0.143. The molecule has 0 aliphatic rings. The fourth-order valence-corrected chi connectivity index (χ4v) is 3.00. The van der Waals surface area contributed by atoms with E-state index in [0.29, 0.717) is 5.76 Å². The highest BCUT2D eigenvalue weighted by atomic mass is 16.3. The van der Waals surface area contributed by atoms with E-state index in [2.05, 4.69) is 11.6 Å². The molecular weight excluding hydrogens is 312 g/mol. The number of rotatable bonds is 6. The Hall–Kier alpha value is -3.14. The summed E-state index contributed by atoms with van der Waals surface area (Å²) in [5.41, 5.74) is 2.05. The van der Waals surface area contributed by atoms with E-state index in [9.17, 15) is 4.79 Å². The molecule has 0 unspecified atom stereocenters. The van der Waals surface area contributed by atoms with Gasteiger partial charge >= 0.3 is 0 Å². The van der Waals surface area contributed by atoms with Crippen LogP contribution in [0.5, 0.6) is 0 Å². The van der Waals surface area contributed by atoms with Crippen LogP contribution < -0.4 is 0 Å². The molecule has 0 spiro atoms. The molecule has 0 saturated carbocycles. The zero-order valence-electron chi connectivity index (χ0n) is 14.1. The van der Waals surface area contributed by atoms with Gasteiger partial charge in [-0.25, -0.2) is 4.98 Å². The fourth-order valence-electron chi connectivity index (χ4n) is 3.00. The van der Waals surface area contributed by atoms with Crippen molar-refractivity contribution in [3.05, 3.63) is 103 Å². The molecule has 1 atom stereocenters. The number of oxazole rings is 1. The Balaban J connectivity index is 2.13. The molecule has 0 bridgehead atoms. The van der Waals surface area contributed by atoms with E-state index >= 15 is 0 Å². The van der Waals surface area contributed by atoms with Crippen LogP contribution in [-0.4, -0.2) is 15.8 Å². The van der Waals surface area contributed by atoms with Crippen molar-refractivity contribution in [3.8, 4) is 0 Å². The zero-order chi connectivity index (χ0) is 17.6. The Morgan fingerprint density at radius 3 is 2.08 bits per heavy atom. The van der Waals surface area contributed by atoms with Gasteiger partial charge in [0.25, 0.3) is 0 Å². The Bertz CT molecular complexity index is 774. The van der Waals surface area contributed by atoms with Crippen LogP contribution in [0.4, 0.5) is 0 Å². The third-order valence-corrected chi connectivity index (χ3v) is 4.22. The first-order valence-corrected chi connectivity index (χ1v) is 8.15. The van der Waals surface area contributed by atoms with E-state index in [1.807, 2.05) is 67.6 Å². The summed E-state index contributed by atoms with van der Waals surface area (Å²) in [6, 6.07) is 19.4. The van der Waals surface area contributed by atoms with Crippen LogP contribution in [0.2, 0.25) is 0 Å². The quantitative estimate of drug-likeness (QED) is 0.623. The van der Waals surface area contributed by atoms with Crippen molar-refractivity contribution in [2.75, 3.05) is 0 Å². The summed E-state index contributed by atoms with van der Waals surface area (Å²) in [6.07, 6.45) is 4.36. The summed E-state index contributed by atoms with van der Waals surface area (Å²) < 4.78 is 5.45. The van der Waals surface area contributed by atoms with Crippen molar-refractivity contribution < 1.29 is 9.21 Å². The first kappa shape index (κ1) is 16.7. The predicted molar refractivity (Wildman–Crippen MR) is 96.7 cm³/mol. The predicted octanol–water partition coefficient (Wildman–Crippen LogP) is 4.54. The van der Waals surface area contributed by atoms with Gasteiger partial charge in [-0.1, -0.05) is 67.2 Å². The average molecular weight is 332 g/mol. The van der Waals surface area contributed by atoms with Crippen molar-refractivity contribution >= 4 is 5.91 Å². The Morgan fingerprint density at radius 1 is 1.08 bits per heavy atom. The van der Waals surface area contributed by atoms with Gasteiger partial charge in [0.1, 0.15) is 5.76 Å². The summed E-state index contributed by atoms with van der Waals surface area (Å²) in [5.74, 6) is 0.466. The molecule has 126 valence electrons. The van der Waals surface area contributed by atoms with Gasteiger partial charge in [-0.05, 0) is 24.1 Å². The van der Waals surface area contributed by atoms with Crippen molar-refractivity contribution in [1.29, 1.82) is 0 Å². The smallest absolute Gasteiger partial charge is 0.247 e. The van der Waals surface area contributed by atoms with Gasteiger partial charge in [0.2, 0.25) is 5.91 Å². The molecule has 0 saturated heterocycles. The van der Waals surface area contributed by atoms with Gasteiger partial charge in [0.05, 0.1) is 18.3 Å². The molecule has 0 fully saturated rings. The molecule has 0 radical (unpaired) electrons. The van der Waals surface area contributed by atoms with Crippen LogP contribution in [0.15, 0.2) is 90.3 Å². The van der Waals surface area contributed by atoms with E-state index in [4.69, 9.17) is 4.42 Å². The minimum absolute atomic E-state index is 0.165. The second kappa shape index (κ2) is 7.62. The van der Waals surface area contributed by atoms with Crippen molar-refractivity contribution in [3.63, 3.8) is 0 Å². The number of carbonyl (C=O) groups excluding carboxylic acids is 1. The Kier molecular flexibility index (Phi) is 5.09. The van der Waals surface area contributed by atoms with Gasteiger partial charge in [-0.2, -0.15) is 0 Å². The topological polar surface area (TPSA) is 46.3 Å². The molecule has 25 heavy (non-hydrogen) atoms. The number of benzene rings is 2. The molecule has 2 aromatic carbocycles. The van der Waals surface area contributed by atoms with E-state index in [0.717, 1.165) is 11.1 Å². The molecule has 3 rings (SSSR count). The van der Waals surface area contributed by atoms with Crippen LogP contribution in [0.1, 0.15) is 35.9 Å². The summed E-state index contributed by atoms with van der Waals surface area (Å²) >= 11 is 0. The number of amides is 1. The van der Waals surface area contributed by atoms with Gasteiger partial charge in [0, 0.05) is 0 Å². The minimum Gasteiger partial charge on any atom is -0.446 e. The molecule has 4 heteroatoms. The largest absolute Gasteiger partial charge is 0.446 e. The van der Waals surface area contributed by atoms with E-state index in [1.54, 1.807) is 11.1 Å². The zero-order valence-corrected chi connectivity index (χ0v) is 14.1. The molecule has 4 nitrogen and oxygen atoms in total. The monoisotopic (exact) mass is 332 g/mol. The number of nitrogens with zero attached hydrogens (tertiary/aromatic N) is 2. The molecule has 1 aromatic heterocycles. The van der Waals surface area contributed by atoms with E-state index < -0.39 is 0 Å². The first-order chi connectivity index (χ1) is 12.2. The highest BCUT2D eigenvalue weighted by molar-refractivity contribution is 5.88. The second-order valence-electron chi connectivity index (χ2n) is 5.75. The number of carbonyl (C=O) groups is 1. The molecule has 0 N–H and O–H groups in total. The van der Waals surface area contributed by atoms with Crippen molar-refractivity contribution in [2.45, 2.75) is 19.0 Å². The molecular formula is C21H20N2O2. The Labute approximate surface area is 147 Å². The lowest BCUT2D eigenvalue weighted by atomic mass is 9.95. The maximum atomic E-state index is 12.8. The third kappa shape index (κ3) is 3.53. The molecule has 1 amide bonds. The van der Waals surface area contributed by atoms with Gasteiger partial charge in [0.15, 0.2) is 6.39 Å². The number of hydrogen-bond acceptors (Lipinski definition) is 3. The standard InChI is InChI=1S/C21H20N2O2/c1-3-20(24)23(16(2)19-14-22-15-25-19)21(17-10-6-4-7-11-17)18-12-8-5-9-13-18/h3-16,21H,1H2,2H3/t16-/m0/s1. The van der Waals surface area contributed by atoms with E-state index in [1.165, 1.54) is 12.5 Å². The van der Waals surface area contributed by atoms with Crippen LogP contribution >= 0.6 is 0 Å². The van der Waals surface area contributed by atoms with Crippen LogP contribution in [0.25, 0.3) is 0 Å². The number of aromatic nitrogens is 1. The summed E-state index contributed by atoms with van der Waals surface area (Å²) in [4.78, 5) is 18.5.